The summed E-state index contributed by atoms with van der Waals surface area (Å²) in [5, 5.41) is 8.42. The molecule has 5 rings (SSSR count). The number of halogens is 1. The summed E-state index contributed by atoms with van der Waals surface area (Å²) in [4.78, 5) is 12.9. The van der Waals surface area contributed by atoms with E-state index in [1.807, 2.05) is 67.6 Å². The van der Waals surface area contributed by atoms with E-state index in [0.717, 1.165) is 37.1 Å². The highest BCUT2D eigenvalue weighted by Gasteiger charge is 2.15. The first-order valence-electron chi connectivity index (χ1n) is 12.5. The normalized spacial score (nSPS) is 11.2. The Morgan fingerprint density at radius 2 is 1.59 bits per heavy atom. The molecule has 1 N–H and O–H groups in total. The van der Waals surface area contributed by atoms with Crippen molar-refractivity contribution in [2.24, 2.45) is 5.10 Å². The minimum absolute atomic E-state index is 0.368. The lowest BCUT2D eigenvalue weighted by Crippen LogP contribution is -2.18. The van der Waals surface area contributed by atoms with E-state index in [-0.39, 0.29) is 5.91 Å². The number of carbonyl (C=O) groups is 1. The Labute approximate surface area is 235 Å². The molecule has 0 fully saturated rings. The fourth-order valence-electron chi connectivity index (χ4n) is 4.43. The highest BCUT2D eigenvalue weighted by molar-refractivity contribution is 9.10. The van der Waals surface area contributed by atoms with Gasteiger partial charge in [-0.15, -0.1) is 0 Å². The van der Waals surface area contributed by atoms with Gasteiger partial charge in [0, 0.05) is 0 Å². The molecule has 0 aliphatic heterocycles. The second-order valence-electron chi connectivity index (χ2n) is 8.79. The Kier molecular flexibility index (Phi) is 8.08. The Bertz CT molecular complexity index is 1680. The summed E-state index contributed by atoms with van der Waals surface area (Å²) in [5.74, 6) is 1.30. The van der Waals surface area contributed by atoms with Crippen LogP contribution < -0.4 is 19.6 Å². The Morgan fingerprint density at radius 3 is 2.36 bits per heavy atom. The monoisotopic (exact) mass is 582 g/mol. The molecule has 0 radical (unpaired) electrons. The van der Waals surface area contributed by atoms with Crippen molar-refractivity contribution in [2.45, 2.75) is 13.5 Å². The second kappa shape index (κ2) is 12.0. The topological polar surface area (TPSA) is 69.2 Å². The first-order chi connectivity index (χ1) is 19.1. The first kappa shape index (κ1) is 26.3. The lowest BCUT2D eigenvalue weighted by Gasteiger charge is -2.15. The molecule has 0 saturated carbocycles. The van der Waals surface area contributed by atoms with Gasteiger partial charge in [-0.25, -0.2) is 5.43 Å². The number of fused-ring (bicyclic) bond motifs is 2. The number of carbonyl (C=O) groups excluding carboxylic acids is 1. The SMILES string of the molecule is CCOc1cc(/C=N\NC(=O)c2cc3ccccc3cc2OC)cc(Br)c1OCc1cccc2ccccc12. The molecule has 0 aliphatic rings. The van der Waals surface area contributed by atoms with Crippen LogP contribution in [0.3, 0.4) is 0 Å². The number of hydrogen-bond acceptors (Lipinski definition) is 5. The van der Waals surface area contributed by atoms with Crippen molar-refractivity contribution in [3.05, 3.63) is 112 Å². The number of benzene rings is 5. The molecule has 1 amide bonds. The summed E-state index contributed by atoms with van der Waals surface area (Å²) in [7, 11) is 1.54. The molecule has 0 heterocycles. The number of rotatable bonds is 9. The lowest BCUT2D eigenvalue weighted by molar-refractivity contribution is 0.0952. The van der Waals surface area contributed by atoms with E-state index in [1.165, 1.54) is 0 Å². The largest absolute Gasteiger partial charge is 0.496 e. The van der Waals surface area contributed by atoms with Crippen molar-refractivity contribution in [3.63, 3.8) is 0 Å². The summed E-state index contributed by atoms with van der Waals surface area (Å²) in [5.41, 5.74) is 4.82. The van der Waals surface area contributed by atoms with Gasteiger partial charge in [-0.1, -0.05) is 66.7 Å². The number of nitrogens with zero attached hydrogens (tertiary/aromatic N) is 1. The minimum atomic E-state index is -0.368. The van der Waals surface area contributed by atoms with Crippen molar-refractivity contribution in [1.82, 2.24) is 5.43 Å². The number of methoxy groups -OCH3 is 1. The van der Waals surface area contributed by atoms with Crippen LogP contribution in [-0.4, -0.2) is 25.8 Å². The van der Waals surface area contributed by atoms with E-state index in [2.05, 4.69) is 50.7 Å². The molecule has 196 valence electrons. The first-order valence-corrected chi connectivity index (χ1v) is 13.3. The van der Waals surface area contributed by atoms with Crippen molar-refractivity contribution >= 4 is 49.6 Å². The molecule has 5 aromatic rings. The zero-order valence-corrected chi connectivity index (χ0v) is 23.2. The fraction of sp³-hybridized carbons (Fsp3) is 0.125. The van der Waals surface area contributed by atoms with Crippen molar-refractivity contribution in [3.8, 4) is 17.2 Å². The van der Waals surface area contributed by atoms with Gasteiger partial charge in [0.1, 0.15) is 12.4 Å². The van der Waals surface area contributed by atoms with E-state index < -0.39 is 0 Å². The van der Waals surface area contributed by atoms with Gasteiger partial charge in [0.25, 0.3) is 5.91 Å². The van der Waals surface area contributed by atoms with E-state index in [1.54, 1.807) is 19.4 Å². The van der Waals surface area contributed by atoms with Crippen LogP contribution >= 0.6 is 15.9 Å². The molecule has 0 unspecified atom stereocenters. The highest BCUT2D eigenvalue weighted by Crippen LogP contribution is 2.37. The number of nitrogens with one attached hydrogen (secondary N) is 1. The quantitative estimate of drug-likeness (QED) is 0.144. The van der Waals surface area contributed by atoms with Gasteiger partial charge in [-0.3, -0.25) is 4.79 Å². The van der Waals surface area contributed by atoms with Gasteiger partial charge >= 0.3 is 0 Å². The van der Waals surface area contributed by atoms with Crippen LogP contribution in [-0.2, 0) is 6.61 Å². The molecular formula is C32H27BrN2O4. The molecule has 0 aliphatic carbocycles. The van der Waals surface area contributed by atoms with Crippen LogP contribution in [0.4, 0.5) is 0 Å². The molecule has 6 nitrogen and oxygen atoms in total. The maximum absolute atomic E-state index is 12.9. The highest BCUT2D eigenvalue weighted by atomic mass is 79.9. The van der Waals surface area contributed by atoms with E-state index >= 15 is 0 Å². The zero-order chi connectivity index (χ0) is 27.2. The molecule has 0 aromatic heterocycles. The molecule has 0 bridgehead atoms. The third-order valence-corrected chi connectivity index (χ3v) is 6.86. The molecule has 39 heavy (non-hydrogen) atoms. The van der Waals surface area contributed by atoms with Gasteiger partial charge in [-0.05, 0) is 79.8 Å². The summed E-state index contributed by atoms with van der Waals surface area (Å²) in [6.07, 6.45) is 1.56. The minimum Gasteiger partial charge on any atom is -0.496 e. The Morgan fingerprint density at radius 1 is 0.872 bits per heavy atom. The van der Waals surface area contributed by atoms with E-state index in [0.29, 0.717) is 36.0 Å². The number of amides is 1. The predicted molar refractivity (Wildman–Crippen MR) is 159 cm³/mol. The molecule has 0 saturated heterocycles. The van der Waals surface area contributed by atoms with Gasteiger partial charge in [0.05, 0.1) is 30.0 Å². The Balaban J connectivity index is 1.33. The van der Waals surface area contributed by atoms with E-state index in [9.17, 15) is 4.79 Å². The molecule has 0 spiro atoms. The van der Waals surface area contributed by atoms with Gasteiger partial charge in [0.15, 0.2) is 11.5 Å². The zero-order valence-electron chi connectivity index (χ0n) is 21.6. The molecule has 5 aromatic carbocycles. The third-order valence-electron chi connectivity index (χ3n) is 6.28. The Hall–Kier alpha value is -4.36. The summed E-state index contributed by atoms with van der Waals surface area (Å²) in [6, 6.07) is 29.5. The summed E-state index contributed by atoms with van der Waals surface area (Å²) < 4.78 is 18.3. The number of hydrazone groups is 1. The maximum Gasteiger partial charge on any atom is 0.275 e. The van der Waals surface area contributed by atoms with Gasteiger partial charge in [0.2, 0.25) is 0 Å². The number of hydrogen-bond donors (Lipinski definition) is 1. The standard InChI is InChI=1S/C32H27BrN2O4/c1-3-38-30-16-21(15-28(33)31(30)39-20-25-13-8-12-22-9-6-7-14-26(22)25)19-34-35-32(36)27-17-23-10-4-5-11-24(23)18-29(27)37-2/h4-19H,3,20H2,1-2H3,(H,35,36)/b34-19-. The van der Waals surface area contributed by atoms with Crippen LogP contribution in [0.5, 0.6) is 17.2 Å². The molecular weight excluding hydrogens is 556 g/mol. The smallest absolute Gasteiger partial charge is 0.275 e. The average molecular weight is 583 g/mol. The van der Waals surface area contributed by atoms with Crippen molar-refractivity contribution < 1.29 is 19.0 Å². The fourth-order valence-corrected chi connectivity index (χ4v) is 5.00. The van der Waals surface area contributed by atoms with Crippen LogP contribution in [0.15, 0.2) is 101 Å². The summed E-state index contributed by atoms with van der Waals surface area (Å²) in [6.45, 7) is 2.77. The van der Waals surface area contributed by atoms with E-state index in [4.69, 9.17) is 14.2 Å². The van der Waals surface area contributed by atoms with Crippen molar-refractivity contribution in [2.75, 3.05) is 13.7 Å². The van der Waals surface area contributed by atoms with Gasteiger partial charge < -0.3 is 14.2 Å². The lowest BCUT2D eigenvalue weighted by atomic mass is 10.1. The summed E-state index contributed by atoms with van der Waals surface area (Å²) >= 11 is 3.62. The average Bonchev–Trinajstić information content (AvgIpc) is 2.96. The predicted octanol–water partition coefficient (Wildman–Crippen LogP) is 7.51. The van der Waals surface area contributed by atoms with Crippen LogP contribution in [0.1, 0.15) is 28.4 Å². The van der Waals surface area contributed by atoms with Crippen LogP contribution in [0, 0.1) is 0 Å². The third kappa shape index (κ3) is 5.89. The molecule has 0 atom stereocenters. The second-order valence-corrected chi connectivity index (χ2v) is 9.64. The molecule has 7 heteroatoms. The van der Waals surface area contributed by atoms with Gasteiger partial charge in [-0.2, -0.15) is 5.10 Å². The maximum atomic E-state index is 12.9. The van der Waals surface area contributed by atoms with Crippen molar-refractivity contribution in [1.29, 1.82) is 0 Å². The van der Waals surface area contributed by atoms with Crippen LogP contribution in [0.2, 0.25) is 0 Å². The van der Waals surface area contributed by atoms with Crippen LogP contribution in [0.25, 0.3) is 21.5 Å². The number of ether oxygens (including phenoxy) is 3.